The molecule has 3 aromatic rings. The molecule has 0 radical (unpaired) electrons. The fourth-order valence-electron chi connectivity index (χ4n) is 8.33. The van der Waals surface area contributed by atoms with Crippen LogP contribution in [0.3, 0.4) is 0 Å². The van der Waals surface area contributed by atoms with Gasteiger partial charge in [-0.3, -0.25) is 24.0 Å². The van der Waals surface area contributed by atoms with Crippen molar-refractivity contribution in [3.05, 3.63) is 68.4 Å². The minimum Gasteiger partial charge on any atom is -0.481 e. The number of carbonyl (C=O) groups is 5. The van der Waals surface area contributed by atoms with Crippen molar-refractivity contribution in [3.8, 4) is 11.1 Å². The first-order valence-electron chi connectivity index (χ1n) is 22.9. The van der Waals surface area contributed by atoms with Crippen molar-refractivity contribution in [1.82, 2.24) is 31.2 Å². The highest BCUT2D eigenvalue weighted by atomic mass is 35.5. The summed E-state index contributed by atoms with van der Waals surface area (Å²) < 4.78 is 18.2. The van der Waals surface area contributed by atoms with Gasteiger partial charge in [0.1, 0.15) is 0 Å². The van der Waals surface area contributed by atoms with Gasteiger partial charge in [0.15, 0.2) is 0 Å². The Bertz CT molecular complexity index is 2180. The first-order chi connectivity index (χ1) is 31.8. The first-order valence-corrected chi connectivity index (χ1v) is 24.7. The van der Waals surface area contributed by atoms with Crippen LogP contribution in [0, 0.1) is 0 Å². The second-order valence-corrected chi connectivity index (χ2v) is 18.8. The zero-order valence-electron chi connectivity index (χ0n) is 37.9. The third-order valence-corrected chi connectivity index (χ3v) is 14.0. The Hall–Kier alpha value is -4.39. The maximum atomic E-state index is 14.2. The van der Waals surface area contributed by atoms with Crippen molar-refractivity contribution in [3.63, 3.8) is 0 Å². The fourth-order valence-corrected chi connectivity index (χ4v) is 10.4. The maximum absolute atomic E-state index is 14.2. The monoisotopic (exact) mass is 974 g/mol. The normalized spacial score (nSPS) is 18.1. The average Bonchev–Trinajstić information content (AvgIpc) is 3.75. The molecule has 0 saturated carbocycles. The predicted molar refractivity (Wildman–Crippen MR) is 257 cm³/mol. The fraction of sp³-hybridized carbons (Fsp3) is 0.574. The number of hydrogen-bond donors (Lipinski definition) is 6. The molecule has 16 nitrogen and oxygen atoms in total. The Morgan fingerprint density at radius 1 is 0.818 bits per heavy atom. The van der Waals surface area contributed by atoms with Gasteiger partial charge in [-0.15, -0.1) is 0 Å². The molecular formula is C47H64Cl2N6O10S. The highest BCUT2D eigenvalue weighted by molar-refractivity contribution is 8.00. The quantitative estimate of drug-likeness (QED) is 0.0336. The topological polar surface area (TPSA) is 215 Å². The number of halogens is 2. The largest absolute Gasteiger partial charge is 0.481 e. The van der Waals surface area contributed by atoms with Crippen LogP contribution in [0.15, 0.2) is 47.3 Å². The number of thioether (sulfide) groups is 1. The molecule has 2 aliphatic rings. The molecule has 362 valence electrons. The number of carbonyl (C=O) groups excluding carboxylic acids is 4. The van der Waals surface area contributed by atoms with Gasteiger partial charge in [0.05, 0.1) is 49.4 Å². The van der Waals surface area contributed by atoms with Crippen LogP contribution in [-0.2, 0) is 39.9 Å². The predicted octanol–water partition coefficient (Wildman–Crippen LogP) is 6.02. The first kappa shape index (κ1) is 52.6. The number of fused-ring (bicyclic) bond motifs is 2. The summed E-state index contributed by atoms with van der Waals surface area (Å²) in [5, 5.41) is 26.7. The number of urea groups is 1. The number of rotatable bonds is 30. The Morgan fingerprint density at radius 3 is 2.03 bits per heavy atom. The molecule has 2 fully saturated rings. The number of nitrogens with one attached hydrogen (secondary N) is 5. The molecule has 5 amide bonds. The van der Waals surface area contributed by atoms with E-state index >= 15 is 0 Å². The minimum atomic E-state index is -1.11. The molecule has 19 heteroatoms. The molecule has 2 aliphatic heterocycles. The smallest absolute Gasteiger partial charge is 0.315 e. The molecule has 2 saturated heterocycles. The van der Waals surface area contributed by atoms with Gasteiger partial charge in [0.2, 0.25) is 17.7 Å². The lowest BCUT2D eigenvalue weighted by Crippen LogP contribution is -2.50. The van der Waals surface area contributed by atoms with E-state index in [-0.39, 0.29) is 73.2 Å². The van der Waals surface area contributed by atoms with E-state index in [2.05, 4.69) is 33.5 Å². The Morgan fingerprint density at radius 2 is 1.41 bits per heavy atom. The molecule has 0 aliphatic carbocycles. The van der Waals surface area contributed by atoms with Crippen molar-refractivity contribution < 1.29 is 43.3 Å². The Balaban J connectivity index is 0.882. The van der Waals surface area contributed by atoms with Crippen molar-refractivity contribution in [2.24, 2.45) is 0 Å². The van der Waals surface area contributed by atoms with Gasteiger partial charge in [-0.1, -0.05) is 55.1 Å². The molecule has 2 aromatic carbocycles. The zero-order valence-corrected chi connectivity index (χ0v) is 40.2. The van der Waals surface area contributed by atoms with E-state index in [1.165, 1.54) is 4.57 Å². The second-order valence-electron chi connectivity index (χ2n) is 16.7. The van der Waals surface area contributed by atoms with Gasteiger partial charge in [-0.25, -0.2) is 4.79 Å². The SMILES string of the molecule is CCC[C@H](C(=O)O)c1c(-c2ccc(Cl)cc2)c2cc(Cl)ccc2n(CCNC(=O)CCC(=O)NCCCOCCOCCOCCCNC(=O)CCCC[C@H]2SC[C@H]3NC(=O)N[C@]32C)c1=O. The lowest BCUT2D eigenvalue weighted by Gasteiger charge is -2.29. The van der Waals surface area contributed by atoms with Gasteiger partial charge >= 0.3 is 12.0 Å². The van der Waals surface area contributed by atoms with Crippen LogP contribution in [-0.4, -0.2) is 121 Å². The van der Waals surface area contributed by atoms with E-state index in [1.54, 1.807) is 42.5 Å². The summed E-state index contributed by atoms with van der Waals surface area (Å²) in [6, 6.07) is 12.0. The number of carboxylic acids is 1. The number of amides is 5. The average molecular weight is 976 g/mol. The van der Waals surface area contributed by atoms with Crippen molar-refractivity contribution in [1.29, 1.82) is 0 Å². The summed E-state index contributed by atoms with van der Waals surface area (Å²) in [5.74, 6) is -1.86. The molecule has 0 spiro atoms. The van der Waals surface area contributed by atoms with Crippen LogP contribution in [0.4, 0.5) is 4.79 Å². The van der Waals surface area contributed by atoms with E-state index in [4.69, 9.17) is 37.4 Å². The summed E-state index contributed by atoms with van der Waals surface area (Å²) in [7, 11) is 0. The van der Waals surface area contributed by atoms with Crippen LogP contribution in [0.5, 0.6) is 0 Å². The summed E-state index contributed by atoms with van der Waals surface area (Å²) in [6.45, 7) is 7.66. The second kappa shape index (κ2) is 26.8. The van der Waals surface area contributed by atoms with Gasteiger partial charge in [0, 0.05) is 96.2 Å². The summed E-state index contributed by atoms with van der Waals surface area (Å²) in [4.78, 5) is 75.9. The van der Waals surface area contributed by atoms with Crippen LogP contribution < -0.4 is 32.1 Å². The van der Waals surface area contributed by atoms with Crippen LogP contribution >= 0.6 is 35.0 Å². The molecule has 66 heavy (non-hydrogen) atoms. The van der Waals surface area contributed by atoms with Crippen LogP contribution in [0.25, 0.3) is 22.0 Å². The Labute approximate surface area is 400 Å². The highest BCUT2D eigenvalue weighted by Crippen LogP contribution is 2.41. The number of unbranched alkanes of at least 4 members (excludes halogenated alkanes) is 1. The summed E-state index contributed by atoms with van der Waals surface area (Å²) in [5.41, 5.74) is 1.12. The van der Waals surface area contributed by atoms with Crippen molar-refractivity contribution >= 4 is 75.6 Å². The molecule has 6 N–H and O–H groups in total. The standard InChI is InChI=1S/C47H64Cl2N6O10S/c1-3-8-34(45(60)61)43-42(31-11-13-32(48)14-12-31)35-29-33(49)15-16-36(35)55(44(43)59)22-21-52-41(58)18-17-40(57)51-20-7-24-64-26-28-65-27-25-63-23-6-19-50-39(56)10-5-4-9-38-47(2)37(30-66-38)53-46(62)54-47/h11-16,29,34,37-38H,3-10,17-28,30H2,1-2H3,(H,50,56)(H,51,57)(H,52,58)(H,60,61)(H2,53,54,62)/t34-,37+,38+,47+/m0/s1. The van der Waals surface area contributed by atoms with Gasteiger partial charge in [0.25, 0.3) is 5.56 Å². The van der Waals surface area contributed by atoms with Crippen molar-refractivity contribution in [2.75, 3.05) is 65.0 Å². The van der Waals surface area contributed by atoms with E-state index in [9.17, 15) is 33.9 Å². The number of carboxylic acid groups (broad SMARTS) is 1. The minimum absolute atomic E-state index is 0.0153. The van der Waals surface area contributed by atoms with Crippen LogP contribution in [0.1, 0.15) is 89.5 Å². The van der Waals surface area contributed by atoms with E-state index < -0.39 is 17.4 Å². The number of pyridine rings is 1. The zero-order chi connectivity index (χ0) is 47.5. The molecular weight excluding hydrogens is 912 g/mol. The van der Waals surface area contributed by atoms with Gasteiger partial charge < -0.3 is 50.5 Å². The molecule has 3 heterocycles. The van der Waals surface area contributed by atoms with E-state index in [1.807, 2.05) is 18.7 Å². The van der Waals surface area contributed by atoms with Crippen molar-refractivity contribution in [2.45, 2.75) is 107 Å². The van der Waals surface area contributed by atoms with Gasteiger partial charge in [-0.05, 0) is 74.9 Å². The molecule has 1 aromatic heterocycles. The summed E-state index contributed by atoms with van der Waals surface area (Å²) in [6.07, 6.45) is 5.24. The lowest BCUT2D eigenvalue weighted by molar-refractivity contribution is -0.139. The lowest BCUT2D eigenvalue weighted by atomic mass is 9.86. The van der Waals surface area contributed by atoms with Crippen LogP contribution in [0.2, 0.25) is 10.0 Å². The van der Waals surface area contributed by atoms with E-state index in [0.29, 0.717) is 116 Å². The highest BCUT2D eigenvalue weighted by Gasteiger charge is 2.52. The molecule has 0 unspecified atom stereocenters. The summed E-state index contributed by atoms with van der Waals surface area (Å²) >= 11 is 14.5. The third kappa shape index (κ3) is 15.3. The molecule has 5 rings (SSSR count). The molecule has 0 bridgehead atoms. The number of ether oxygens (including phenoxy) is 3. The number of nitrogens with zero attached hydrogens (tertiary/aromatic N) is 1. The Kier molecular flexibility index (Phi) is 21.4. The number of aliphatic carboxylic acids is 1. The maximum Gasteiger partial charge on any atom is 0.315 e. The number of benzene rings is 2. The van der Waals surface area contributed by atoms with E-state index in [0.717, 1.165) is 25.0 Å². The molecule has 4 atom stereocenters. The number of hydrogen-bond acceptors (Lipinski definition) is 10. The van der Waals surface area contributed by atoms with Gasteiger partial charge in [-0.2, -0.15) is 11.8 Å². The third-order valence-electron chi connectivity index (χ3n) is 11.8. The number of aromatic nitrogens is 1.